The van der Waals surface area contributed by atoms with Crippen LogP contribution in [0.15, 0.2) is 78.9 Å². The second-order valence-corrected chi connectivity index (χ2v) is 11.3. The lowest BCUT2D eigenvalue weighted by atomic mass is 9.77. The largest absolute Gasteiger partial charge is 0.508 e. The first-order valence-electron chi connectivity index (χ1n) is 17.1. The Labute approximate surface area is 277 Å². The molecular formula is C42H65NO2. The highest BCUT2D eigenvalue weighted by atomic mass is 16.3. The van der Waals surface area contributed by atoms with E-state index in [0.29, 0.717) is 11.7 Å². The zero-order valence-corrected chi connectivity index (χ0v) is 30.4. The maximum absolute atomic E-state index is 9.39. The van der Waals surface area contributed by atoms with E-state index < -0.39 is 0 Å². The van der Waals surface area contributed by atoms with E-state index in [-0.39, 0.29) is 0 Å². The number of aromatic hydroxyl groups is 1. The molecule has 0 heterocycles. The average Bonchev–Trinajstić information content (AvgIpc) is 3.05. The summed E-state index contributed by atoms with van der Waals surface area (Å²) in [4.78, 5) is 8.81. The van der Waals surface area contributed by atoms with Crippen LogP contribution in [-0.4, -0.2) is 17.6 Å². The third kappa shape index (κ3) is 20.2. The fourth-order valence-electron chi connectivity index (χ4n) is 5.03. The Bertz CT molecular complexity index is 1150. The number of carbonyl (C=O) groups excluding carboxylic acids is 1. The van der Waals surface area contributed by atoms with Crippen molar-refractivity contribution < 1.29 is 9.90 Å². The number of allylic oxidation sites excluding steroid dienone is 1. The molecule has 1 aliphatic carbocycles. The van der Waals surface area contributed by atoms with Crippen LogP contribution in [0, 0.1) is 25.2 Å². The smallest absolute Gasteiger partial charge is 0.116 e. The summed E-state index contributed by atoms with van der Waals surface area (Å²) in [7, 11) is 0. The Kier molecular flexibility index (Phi) is 27.2. The minimum absolute atomic E-state index is 0.312. The van der Waals surface area contributed by atoms with Crippen LogP contribution in [0.5, 0.6) is 5.75 Å². The van der Waals surface area contributed by atoms with E-state index in [0.717, 1.165) is 30.6 Å². The van der Waals surface area contributed by atoms with Gasteiger partial charge in [-0.15, -0.1) is 6.58 Å². The maximum Gasteiger partial charge on any atom is 0.116 e. The van der Waals surface area contributed by atoms with Crippen LogP contribution in [0.2, 0.25) is 0 Å². The van der Waals surface area contributed by atoms with Crippen molar-refractivity contribution in [2.75, 3.05) is 0 Å². The number of hydrogen-bond acceptors (Lipinski definition) is 3. The number of hydrogen-bond donors (Lipinski definition) is 2. The zero-order valence-electron chi connectivity index (χ0n) is 30.4. The van der Waals surface area contributed by atoms with Crippen LogP contribution in [0.3, 0.4) is 0 Å². The molecule has 250 valence electrons. The lowest BCUT2D eigenvalue weighted by molar-refractivity contribution is -0.106. The molecule has 0 saturated heterocycles. The predicted molar refractivity (Wildman–Crippen MR) is 200 cm³/mol. The number of nitrogens with one attached hydrogen (secondary N) is 1. The van der Waals surface area contributed by atoms with Gasteiger partial charge in [-0.2, -0.15) is 0 Å². The second kappa shape index (κ2) is 28.0. The lowest BCUT2D eigenvalue weighted by Crippen LogP contribution is -2.13. The molecule has 3 aromatic carbocycles. The summed E-state index contributed by atoms with van der Waals surface area (Å²) in [6.45, 7) is 23.5. The normalized spacial score (nSPS) is 14.4. The minimum Gasteiger partial charge on any atom is -0.508 e. The fraction of sp³-hybridized carbons (Fsp3) is 0.476. The molecule has 1 saturated carbocycles. The van der Waals surface area contributed by atoms with E-state index in [1.807, 2.05) is 53.7 Å². The molecule has 0 unspecified atom stereocenters. The van der Waals surface area contributed by atoms with Crippen LogP contribution in [0.4, 0.5) is 0 Å². The highest BCUT2D eigenvalue weighted by molar-refractivity contribution is 5.79. The first-order valence-corrected chi connectivity index (χ1v) is 17.1. The van der Waals surface area contributed by atoms with Crippen LogP contribution >= 0.6 is 0 Å². The Hall–Kier alpha value is -3.46. The van der Waals surface area contributed by atoms with Crippen molar-refractivity contribution in [3.8, 4) is 5.75 Å². The third-order valence-electron chi connectivity index (χ3n) is 7.39. The van der Waals surface area contributed by atoms with Gasteiger partial charge in [-0.25, -0.2) is 0 Å². The SMILES string of the molecule is C=C(C)C.CC.CC.CC=O.CCCC1CCC(c2ccc(CCc3ccc(O)cc3)c(C=N)c2)CC1.Cc1ccccc1C. The van der Waals surface area contributed by atoms with Gasteiger partial charge in [-0.3, -0.25) is 0 Å². The molecule has 2 N–H and O–H groups in total. The van der Waals surface area contributed by atoms with Gasteiger partial charge in [0.15, 0.2) is 0 Å². The lowest BCUT2D eigenvalue weighted by Gasteiger charge is -2.29. The topological polar surface area (TPSA) is 61.1 Å². The van der Waals surface area contributed by atoms with Crippen molar-refractivity contribution in [1.82, 2.24) is 0 Å². The van der Waals surface area contributed by atoms with Gasteiger partial charge in [0.2, 0.25) is 0 Å². The Morgan fingerprint density at radius 2 is 1.36 bits per heavy atom. The van der Waals surface area contributed by atoms with Crippen molar-refractivity contribution in [3.63, 3.8) is 0 Å². The van der Waals surface area contributed by atoms with Gasteiger partial charge in [0.25, 0.3) is 0 Å². The summed E-state index contributed by atoms with van der Waals surface area (Å²) in [5.41, 5.74) is 8.86. The van der Waals surface area contributed by atoms with E-state index in [1.165, 1.54) is 85.1 Å². The third-order valence-corrected chi connectivity index (χ3v) is 7.39. The monoisotopic (exact) mass is 616 g/mol. The standard InChI is InChI=1S/C24H31NO.C8H10.C4H8.C2H4O.2C2H6/c1-2-3-18-4-9-20(10-5-18)22-13-12-21(23(16-22)17-25)11-6-19-7-14-24(26)15-8-19;1-7-5-3-4-6-8(7)2;1-4(2)3;1-2-3;2*1-2/h7-8,12-18,20,25-26H,2-6,9-11H2,1H3;3-6H,1-2H3;1H2,2-3H3;2H,1H3;2*1-2H3. The first kappa shape index (κ1) is 43.7. The average molecular weight is 616 g/mol. The Balaban J connectivity index is 0. The minimum atomic E-state index is 0.312. The molecule has 1 fully saturated rings. The molecule has 3 aromatic rings. The molecule has 0 amide bonds. The highest BCUT2D eigenvalue weighted by Crippen LogP contribution is 2.38. The van der Waals surface area contributed by atoms with E-state index in [2.05, 4.69) is 69.8 Å². The molecule has 1 aliphatic rings. The van der Waals surface area contributed by atoms with E-state index in [4.69, 9.17) is 10.2 Å². The molecule has 3 heteroatoms. The van der Waals surface area contributed by atoms with Crippen molar-refractivity contribution in [1.29, 1.82) is 5.41 Å². The zero-order chi connectivity index (χ0) is 34.6. The number of carbonyl (C=O) groups is 1. The fourth-order valence-corrected chi connectivity index (χ4v) is 5.03. The van der Waals surface area contributed by atoms with E-state index >= 15 is 0 Å². The number of phenolic OH excluding ortho intramolecular Hbond substituents is 1. The molecule has 0 bridgehead atoms. The molecule has 0 atom stereocenters. The second-order valence-electron chi connectivity index (χ2n) is 11.3. The highest BCUT2D eigenvalue weighted by Gasteiger charge is 2.22. The number of aldehydes is 1. The molecule has 0 aliphatic heterocycles. The van der Waals surface area contributed by atoms with Gasteiger partial charge in [0, 0.05) is 6.21 Å². The van der Waals surface area contributed by atoms with Gasteiger partial charge in [0.05, 0.1) is 0 Å². The number of aryl methyl sites for hydroxylation is 4. The summed E-state index contributed by atoms with van der Waals surface area (Å²) >= 11 is 0. The number of benzene rings is 3. The van der Waals surface area contributed by atoms with Crippen LogP contribution in [-0.2, 0) is 17.6 Å². The molecule has 3 nitrogen and oxygen atoms in total. The van der Waals surface area contributed by atoms with Crippen LogP contribution in [0.25, 0.3) is 0 Å². The predicted octanol–water partition coefficient (Wildman–Crippen LogP) is 12.4. The summed E-state index contributed by atoms with van der Waals surface area (Å²) in [5, 5.41) is 17.2. The molecule has 0 spiro atoms. The maximum atomic E-state index is 9.39. The van der Waals surface area contributed by atoms with Crippen molar-refractivity contribution in [2.45, 2.75) is 127 Å². The number of rotatable bonds is 7. The quantitative estimate of drug-likeness (QED) is 0.158. The molecular weight excluding hydrogens is 550 g/mol. The first-order chi connectivity index (χ1) is 21.6. The Morgan fingerprint density at radius 1 is 0.867 bits per heavy atom. The van der Waals surface area contributed by atoms with Gasteiger partial charge in [-0.1, -0.05) is 102 Å². The van der Waals surface area contributed by atoms with Crippen LogP contribution in [0.1, 0.15) is 133 Å². The van der Waals surface area contributed by atoms with E-state index in [1.54, 1.807) is 12.1 Å². The van der Waals surface area contributed by atoms with Crippen LogP contribution < -0.4 is 0 Å². The molecule has 4 rings (SSSR count). The molecule has 45 heavy (non-hydrogen) atoms. The van der Waals surface area contributed by atoms with Crippen molar-refractivity contribution >= 4 is 12.5 Å². The van der Waals surface area contributed by atoms with Gasteiger partial charge in [-0.05, 0) is 137 Å². The summed E-state index contributed by atoms with van der Waals surface area (Å²) in [5.74, 6) is 1.92. The molecule has 0 radical (unpaired) electrons. The van der Waals surface area contributed by atoms with E-state index in [9.17, 15) is 5.11 Å². The van der Waals surface area contributed by atoms with Crippen molar-refractivity contribution in [3.05, 3.63) is 112 Å². The summed E-state index contributed by atoms with van der Waals surface area (Å²) in [6, 6.07) is 22.6. The van der Waals surface area contributed by atoms with Gasteiger partial charge >= 0.3 is 0 Å². The summed E-state index contributed by atoms with van der Waals surface area (Å²) in [6.07, 6.45) is 12.1. The van der Waals surface area contributed by atoms with Gasteiger partial charge in [0.1, 0.15) is 12.0 Å². The molecule has 0 aromatic heterocycles. The van der Waals surface area contributed by atoms with Gasteiger partial charge < -0.3 is 15.3 Å². The summed E-state index contributed by atoms with van der Waals surface area (Å²) < 4.78 is 0. The Morgan fingerprint density at radius 3 is 1.78 bits per heavy atom. The number of phenols is 1. The van der Waals surface area contributed by atoms with Crippen molar-refractivity contribution in [2.24, 2.45) is 5.92 Å².